The SMILES string of the molecule is CCc1ccccc1OCC(=O)NC(C)(CN)C(C)C. The van der Waals surface area contributed by atoms with Crippen LogP contribution in [0.25, 0.3) is 0 Å². The molecule has 1 atom stereocenters. The van der Waals surface area contributed by atoms with Crippen LogP contribution in [0, 0.1) is 5.92 Å². The fourth-order valence-electron chi connectivity index (χ4n) is 1.87. The van der Waals surface area contributed by atoms with Crippen LogP contribution in [0.15, 0.2) is 24.3 Å². The van der Waals surface area contributed by atoms with Gasteiger partial charge in [0.15, 0.2) is 6.61 Å². The number of aryl methyl sites for hydroxylation is 1. The first kappa shape index (κ1) is 16.5. The number of nitrogens with one attached hydrogen (secondary N) is 1. The molecule has 0 heterocycles. The zero-order valence-corrected chi connectivity index (χ0v) is 12.9. The minimum Gasteiger partial charge on any atom is -0.483 e. The number of nitrogens with two attached hydrogens (primary N) is 1. The Hall–Kier alpha value is -1.55. The number of amides is 1. The van der Waals surface area contributed by atoms with Gasteiger partial charge in [-0.1, -0.05) is 39.0 Å². The number of hydrogen-bond donors (Lipinski definition) is 2. The molecule has 1 unspecified atom stereocenters. The van der Waals surface area contributed by atoms with E-state index in [4.69, 9.17) is 10.5 Å². The van der Waals surface area contributed by atoms with Crippen LogP contribution in [0.4, 0.5) is 0 Å². The van der Waals surface area contributed by atoms with Crippen molar-refractivity contribution in [3.05, 3.63) is 29.8 Å². The van der Waals surface area contributed by atoms with Gasteiger partial charge in [-0.15, -0.1) is 0 Å². The van der Waals surface area contributed by atoms with Gasteiger partial charge >= 0.3 is 0 Å². The smallest absolute Gasteiger partial charge is 0.258 e. The minimum absolute atomic E-state index is 0.0132. The Morgan fingerprint density at radius 1 is 1.40 bits per heavy atom. The zero-order chi connectivity index (χ0) is 15.2. The number of hydrogen-bond acceptors (Lipinski definition) is 3. The summed E-state index contributed by atoms with van der Waals surface area (Å²) in [5, 5.41) is 2.96. The molecule has 3 N–H and O–H groups in total. The molecule has 0 fully saturated rings. The van der Waals surface area contributed by atoms with E-state index >= 15 is 0 Å². The molecule has 0 aromatic heterocycles. The van der Waals surface area contributed by atoms with Gasteiger partial charge in [-0.25, -0.2) is 0 Å². The summed E-state index contributed by atoms with van der Waals surface area (Å²) in [5.41, 5.74) is 6.46. The minimum atomic E-state index is -0.398. The Balaban J connectivity index is 2.59. The highest BCUT2D eigenvalue weighted by Gasteiger charge is 2.28. The second-order valence-corrected chi connectivity index (χ2v) is 5.57. The lowest BCUT2D eigenvalue weighted by Gasteiger charge is -2.33. The van der Waals surface area contributed by atoms with Crippen LogP contribution in [0.2, 0.25) is 0 Å². The van der Waals surface area contributed by atoms with Crippen molar-refractivity contribution in [1.29, 1.82) is 0 Å². The molecule has 20 heavy (non-hydrogen) atoms. The first-order valence-corrected chi connectivity index (χ1v) is 7.14. The van der Waals surface area contributed by atoms with Crippen LogP contribution in [0.3, 0.4) is 0 Å². The van der Waals surface area contributed by atoms with Gasteiger partial charge in [0, 0.05) is 6.54 Å². The second kappa shape index (κ2) is 7.29. The Kier molecular flexibility index (Phi) is 6.02. The summed E-state index contributed by atoms with van der Waals surface area (Å²) in [6, 6.07) is 7.77. The van der Waals surface area contributed by atoms with E-state index in [0.29, 0.717) is 6.54 Å². The number of rotatable bonds is 7. The molecule has 0 radical (unpaired) electrons. The molecule has 4 heteroatoms. The topological polar surface area (TPSA) is 64.3 Å². The molecule has 1 aromatic carbocycles. The fraction of sp³-hybridized carbons (Fsp3) is 0.562. The van der Waals surface area contributed by atoms with E-state index in [1.54, 1.807) is 0 Å². The lowest BCUT2D eigenvalue weighted by Crippen LogP contribution is -2.56. The Morgan fingerprint density at radius 2 is 2.05 bits per heavy atom. The highest BCUT2D eigenvalue weighted by molar-refractivity contribution is 5.78. The predicted molar refractivity (Wildman–Crippen MR) is 81.8 cm³/mol. The molecular weight excluding hydrogens is 252 g/mol. The van der Waals surface area contributed by atoms with Gasteiger partial charge in [0.25, 0.3) is 5.91 Å². The largest absolute Gasteiger partial charge is 0.483 e. The van der Waals surface area contributed by atoms with E-state index in [1.807, 2.05) is 45.0 Å². The van der Waals surface area contributed by atoms with Gasteiger partial charge in [0.05, 0.1) is 5.54 Å². The van der Waals surface area contributed by atoms with Crippen molar-refractivity contribution in [2.45, 2.75) is 39.7 Å². The summed E-state index contributed by atoms with van der Waals surface area (Å²) in [7, 11) is 0. The normalized spacial score (nSPS) is 13.9. The molecule has 0 bridgehead atoms. The maximum absolute atomic E-state index is 12.0. The van der Waals surface area contributed by atoms with Crippen molar-refractivity contribution in [2.75, 3.05) is 13.2 Å². The molecule has 4 nitrogen and oxygen atoms in total. The first-order chi connectivity index (χ1) is 9.42. The molecule has 0 spiro atoms. The first-order valence-electron chi connectivity index (χ1n) is 7.14. The quantitative estimate of drug-likeness (QED) is 0.803. The van der Waals surface area contributed by atoms with Crippen molar-refractivity contribution >= 4 is 5.91 Å². The average molecular weight is 278 g/mol. The summed E-state index contributed by atoms with van der Waals surface area (Å²) in [5.74, 6) is 0.890. The summed E-state index contributed by atoms with van der Waals surface area (Å²) >= 11 is 0. The van der Waals surface area contributed by atoms with Gasteiger partial charge in [-0.05, 0) is 30.9 Å². The molecule has 0 saturated carbocycles. The maximum atomic E-state index is 12.0. The van der Waals surface area contributed by atoms with Crippen LogP contribution in [-0.4, -0.2) is 24.6 Å². The number of ether oxygens (including phenoxy) is 1. The van der Waals surface area contributed by atoms with Crippen LogP contribution >= 0.6 is 0 Å². The van der Waals surface area contributed by atoms with Crippen molar-refractivity contribution in [3.63, 3.8) is 0 Å². The van der Waals surface area contributed by atoms with Crippen molar-refractivity contribution in [3.8, 4) is 5.75 Å². The van der Waals surface area contributed by atoms with E-state index in [1.165, 1.54) is 0 Å². The average Bonchev–Trinajstić information content (AvgIpc) is 2.45. The van der Waals surface area contributed by atoms with E-state index in [2.05, 4.69) is 12.2 Å². The molecule has 0 aliphatic carbocycles. The highest BCUT2D eigenvalue weighted by Crippen LogP contribution is 2.18. The summed E-state index contributed by atoms with van der Waals surface area (Å²) in [4.78, 5) is 12.0. The predicted octanol–water partition coefficient (Wildman–Crippen LogP) is 2.12. The fourth-order valence-corrected chi connectivity index (χ4v) is 1.87. The number of benzene rings is 1. The molecule has 0 saturated heterocycles. The third kappa shape index (κ3) is 4.23. The van der Waals surface area contributed by atoms with Gasteiger partial charge in [0.2, 0.25) is 0 Å². The molecule has 0 aliphatic rings. The third-order valence-corrected chi connectivity index (χ3v) is 3.84. The number of para-hydroxylation sites is 1. The maximum Gasteiger partial charge on any atom is 0.258 e. The summed E-state index contributed by atoms with van der Waals surface area (Å²) < 4.78 is 5.61. The van der Waals surface area contributed by atoms with E-state index < -0.39 is 5.54 Å². The van der Waals surface area contributed by atoms with Gasteiger partial charge < -0.3 is 15.8 Å². The Bertz CT molecular complexity index is 446. The number of carbonyl (C=O) groups is 1. The van der Waals surface area contributed by atoms with Crippen LogP contribution in [0.5, 0.6) is 5.75 Å². The molecule has 0 aliphatic heterocycles. The van der Waals surface area contributed by atoms with E-state index in [0.717, 1.165) is 17.7 Å². The summed E-state index contributed by atoms with van der Waals surface area (Å²) in [6.07, 6.45) is 0.879. The number of carbonyl (C=O) groups excluding carboxylic acids is 1. The van der Waals surface area contributed by atoms with Gasteiger partial charge in [-0.3, -0.25) is 4.79 Å². The lowest BCUT2D eigenvalue weighted by molar-refractivity contribution is -0.125. The van der Waals surface area contributed by atoms with Gasteiger partial charge in [-0.2, -0.15) is 0 Å². The Morgan fingerprint density at radius 3 is 2.60 bits per heavy atom. The lowest BCUT2D eigenvalue weighted by atomic mass is 9.88. The van der Waals surface area contributed by atoms with Crippen molar-refractivity contribution < 1.29 is 9.53 Å². The summed E-state index contributed by atoms with van der Waals surface area (Å²) in [6.45, 7) is 8.52. The van der Waals surface area contributed by atoms with Gasteiger partial charge in [0.1, 0.15) is 5.75 Å². The van der Waals surface area contributed by atoms with Crippen molar-refractivity contribution in [1.82, 2.24) is 5.32 Å². The van der Waals surface area contributed by atoms with E-state index in [-0.39, 0.29) is 18.4 Å². The Labute approximate surface area is 121 Å². The van der Waals surface area contributed by atoms with Crippen molar-refractivity contribution in [2.24, 2.45) is 11.7 Å². The monoisotopic (exact) mass is 278 g/mol. The standard InChI is InChI=1S/C16H26N2O2/c1-5-13-8-6-7-9-14(13)20-10-15(19)18-16(4,11-17)12(2)3/h6-9,12H,5,10-11,17H2,1-4H3,(H,18,19). The third-order valence-electron chi connectivity index (χ3n) is 3.84. The van der Waals surface area contributed by atoms with E-state index in [9.17, 15) is 4.79 Å². The zero-order valence-electron chi connectivity index (χ0n) is 12.9. The molecule has 1 rings (SSSR count). The molecule has 1 amide bonds. The van der Waals surface area contributed by atoms with Crippen LogP contribution in [0.1, 0.15) is 33.3 Å². The van der Waals surface area contributed by atoms with Crippen LogP contribution < -0.4 is 15.8 Å². The second-order valence-electron chi connectivity index (χ2n) is 5.57. The van der Waals surface area contributed by atoms with Crippen LogP contribution in [-0.2, 0) is 11.2 Å². The molecular formula is C16H26N2O2. The highest BCUT2D eigenvalue weighted by atomic mass is 16.5. The molecule has 112 valence electrons. The molecule has 1 aromatic rings.